The highest BCUT2D eigenvalue weighted by Crippen LogP contribution is 2.58. The maximum Gasteiger partial charge on any atom is 0.146 e. The van der Waals surface area contributed by atoms with Gasteiger partial charge in [-0.15, -0.1) is 50.5 Å². The largest absolute Gasteiger partial charge is 0.454 e. The van der Waals surface area contributed by atoms with E-state index in [0.29, 0.717) is 21.3 Å². The Balaban J connectivity index is 2.01. The van der Waals surface area contributed by atoms with Crippen LogP contribution in [0.3, 0.4) is 0 Å². The van der Waals surface area contributed by atoms with Gasteiger partial charge in [0.15, 0.2) is 0 Å². The van der Waals surface area contributed by atoms with Gasteiger partial charge in [0.1, 0.15) is 11.5 Å². The molecule has 148 valence electrons. The molecule has 0 spiro atoms. The molecule has 30 heavy (non-hydrogen) atoms. The van der Waals surface area contributed by atoms with Crippen molar-refractivity contribution in [3.05, 3.63) is 107 Å². The van der Waals surface area contributed by atoms with Crippen LogP contribution in [0, 0.1) is 0 Å². The van der Waals surface area contributed by atoms with Crippen molar-refractivity contribution in [3.63, 3.8) is 0 Å². The summed E-state index contributed by atoms with van der Waals surface area (Å²) in [6.45, 7) is 0. The third-order valence-corrected chi connectivity index (χ3v) is 7.63. The van der Waals surface area contributed by atoms with Crippen LogP contribution in [0.2, 0.25) is 0 Å². The van der Waals surface area contributed by atoms with E-state index in [9.17, 15) is 0 Å². The number of ether oxygens (including phenoxy) is 1. The molecule has 0 radical (unpaired) electrons. The van der Waals surface area contributed by atoms with Crippen LogP contribution in [0.25, 0.3) is 0 Å². The van der Waals surface area contributed by atoms with E-state index >= 15 is 0 Å². The minimum absolute atomic E-state index is 0.594. The number of benzene rings is 4. The Morgan fingerprint density at radius 1 is 0.500 bits per heavy atom. The van der Waals surface area contributed by atoms with E-state index in [1.807, 2.05) is 24.3 Å². The number of hydrogen-bond donors (Lipinski definition) is 4. The zero-order chi connectivity index (χ0) is 20.9. The average Bonchev–Trinajstić information content (AvgIpc) is 2.79. The van der Waals surface area contributed by atoms with Crippen molar-refractivity contribution in [1.82, 2.24) is 0 Å². The van der Waals surface area contributed by atoms with E-state index in [-0.39, 0.29) is 0 Å². The Morgan fingerprint density at radius 2 is 0.900 bits per heavy atom. The summed E-state index contributed by atoms with van der Waals surface area (Å²) >= 11 is 18.7. The van der Waals surface area contributed by atoms with Gasteiger partial charge in [0, 0.05) is 20.9 Å². The van der Waals surface area contributed by atoms with Crippen molar-refractivity contribution < 1.29 is 4.74 Å². The van der Waals surface area contributed by atoms with Crippen molar-refractivity contribution in [3.8, 4) is 11.5 Å². The first-order valence-corrected chi connectivity index (χ1v) is 11.2. The van der Waals surface area contributed by atoms with E-state index < -0.39 is 5.41 Å². The molecular formula is C25H18OS4. The maximum atomic E-state index is 6.45. The zero-order valence-corrected chi connectivity index (χ0v) is 19.4. The Hall–Kier alpha value is -1.92. The molecule has 1 heterocycles. The average molecular weight is 463 g/mol. The standard InChI is InChI=1S/C25H18OS4/c27-19-13-11-17-21(23(19)29)26-22-18(12-14-20(28)24(22)30)25(17,15-7-3-1-4-8-15)16-9-5-2-6-10-16/h1-14,27-30H. The molecule has 0 unspecified atom stereocenters. The van der Waals surface area contributed by atoms with Crippen molar-refractivity contribution in [2.75, 3.05) is 0 Å². The minimum Gasteiger partial charge on any atom is -0.454 e. The molecule has 0 saturated heterocycles. The Bertz CT molecular complexity index is 1150. The van der Waals surface area contributed by atoms with E-state index in [2.05, 4.69) is 85.9 Å². The molecule has 5 rings (SSSR count). The second-order valence-electron chi connectivity index (χ2n) is 7.20. The van der Waals surface area contributed by atoms with Gasteiger partial charge in [-0.1, -0.05) is 72.8 Å². The lowest BCUT2D eigenvalue weighted by atomic mass is 9.63. The van der Waals surface area contributed by atoms with Crippen LogP contribution in [0.4, 0.5) is 0 Å². The topological polar surface area (TPSA) is 9.23 Å². The first-order chi connectivity index (χ1) is 14.5. The van der Waals surface area contributed by atoms with Crippen molar-refractivity contribution in [2.45, 2.75) is 25.0 Å². The molecule has 4 aromatic rings. The number of fused-ring (bicyclic) bond motifs is 2. The fraction of sp³-hybridized carbons (Fsp3) is 0.0400. The van der Waals surface area contributed by atoms with E-state index in [1.54, 1.807) is 0 Å². The summed E-state index contributed by atoms with van der Waals surface area (Å²) in [6.07, 6.45) is 0. The summed E-state index contributed by atoms with van der Waals surface area (Å²) in [7, 11) is 0. The summed E-state index contributed by atoms with van der Waals surface area (Å²) in [5.74, 6) is 1.39. The number of rotatable bonds is 2. The second kappa shape index (κ2) is 7.65. The molecule has 5 heteroatoms. The Kier molecular flexibility index (Phi) is 5.10. The number of thiol groups is 4. The highest BCUT2D eigenvalue weighted by Gasteiger charge is 2.46. The molecular weight excluding hydrogens is 445 g/mol. The minimum atomic E-state index is -0.594. The van der Waals surface area contributed by atoms with E-state index in [4.69, 9.17) is 30.0 Å². The monoisotopic (exact) mass is 462 g/mol. The fourth-order valence-corrected chi connectivity index (χ4v) is 5.16. The molecule has 0 bridgehead atoms. The van der Waals surface area contributed by atoms with Gasteiger partial charge in [0.2, 0.25) is 0 Å². The van der Waals surface area contributed by atoms with Crippen molar-refractivity contribution in [2.24, 2.45) is 0 Å². The van der Waals surface area contributed by atoms with Gasteiger partial charge < -0.3 is 4.74 Å². The molecule has 0 aromatic heterocycles. The van der Waals surface area contributed by atoms with Crippen molar-refractivity contribution in [1.29, 1.82) is 0 Å². The molecule has 0 amide bonds. The molecule has 0 saturated carbocycles. The van der Waals surface area contributed by atoms with E-state index in [0.717, 1.165) is 32.0 Å². The van der Waals surface area contributed by atoms with Crippen LogP contribution >= 0.6 is 50.5 Å². The summed E-state index contributed by atoms with van der Waals surface area (Å²) < 4.78 is 6.45. The second-order valence-corrected chi connectivity index (χ2v) is 9.06. The van der Waals surface area contributed by atoms with E-state index in [1.165, 1.54) is 0 Å². The number of hydrogen-bond acceptors (Lipinski definition) is 5. The van der Waals surface area contributed by atoms with Gasteiger partial charge in [-0.05, 0) is 23.3 Å². The van der Waals surface area contributed by atoms with Crippen LogP contribution < -0.4 is 4.74 Å². The lowest BCUT2D eigenvalue weighted by molar-refractivity contribution is 0.409. The summed E-state index contributed by atoms with van der Waals surface area (Å²) in [5.41, 5.74) is 3.73. The third kappa shape index (κ3) is 2.83. The van der Waals surface area contributed by atoms with Crippen LogP contribution in [0.1, 0.15) is 22.3 Å². The molecule has 0 atom stereocenters. The molecule has 0 N–H and O–H groups in total. The molecule has 0 fully saturated rings. The van der Waals surface area contributed by atoms with Crippen LogP contribution in [-0.2, 0) is 5.41 Å². The van der Waals surface area contributed by atoms with Gasteiger partial charge in [-0.2, -0.15) is 0 Å². The van der Waals surface area contributed by atoms with Crippen LogP contribution in [0.15, 0.2) is 105 Å². The maximum absolute atomic E-state index is 6.45. The zero-order valence-electron chi connectivity index (χ0n) is 15.8. The molecule has 0 aliphatic carbocycles. The van der Waals surface area contributed by atoms with Crippen LogP contribution in [0.5, 0.6) is 11.5 Å². The Labute approximate surface area is 198 Å². The van der Waals surface area contributed by atoms with Gasteiger partial charge >= 0.3 is 0 Å². The highest BCUT2D eigenvalue weighted by atomic mass is 32.1. The lowest BCUT2D eigenvalue weighted by Crippen LogP contribution is -2.34. The fourth-order valence-electron chi connectivity index (χ4n) is 4.33. The lowest BCUT2D eigenvalue weighted by Gasteiger charge is -2.42. The molecule has 1 aliphatic rings. The summed E-state index contributed by atoms with van der Waals surface area (Å²) in [5, 5.41) is 0. The first-order valence-electron chi connectivity index (χ1n) is 9.45. The Morgan fingerprint density at radius 3 is 1.30 bits per heavy atom. The van der Waals surface area contributed by atoms with Gasteiger partial charge in [-0.25, -0.2) is 0 Å². The highest BCUT2D eigenvalue weighted by molar-refractivity contribution is 7.84. The predicted molar refractivity (Wildman–Crippen MR) is 134 cm³/mol. The molecule has 4 aromatic carbocycles. The van der Waals surface area contributed by atoms with Crippen molar-refractivity contribution >= 4 is 50.5 Å². The molecule has 1 aliphatic heterocycles. The smallest absolute Gasteiger partial charge is 0.146 e. The predicted octanol–water partition coefficient (Wildman–Crippen LogP) is 7.33. The van der Waals surface area contributed by atoms with Gasteiger partial charge in [0.25, 0.3) is 0 Å². The third-order valence-electron chi connectivity index (χ3n) is 5.65. The first kappa shape index (κ1) is 20.0. The summed E-state index contributed by atoms with van der Waals surface area (Å²) in [6, 6.07) is 29.1. The molecule has 1 nitrogen and oxygen atoms in total. The SMILES string of the molecule is Sc1ccc2c(c1S)Oc1c(ccc(S)c1S)C2(c1ccccc1)c1ccccc1. The van der Waals surface area contributed by atoms with Gasteiger partial charge in [0.05, 0.1) is 15.2 Å². The van der Waals surface area contributed by atoms with Crippen LogP contribution in [-0.4, -0.2) is 0 Å². The quantitative estimate of drug-likeness (QED) is 0.201. The summed E-state index contributed by atoms with van der Waals surface area (Å²) in [4.78, 5) is 2.93. The normalized spacial score (nSPS) is 13.9. The van der Waals surface area contributed by atoms with Gasteiger partial charge in [-0.3, -0.25) is 0 Å².